The van der Waals surface area contributed by atoms with Crippen molar-refractivity contribution in [3.8, 4) is 0 Å². The van der Waals surface area contributed by atoms with Gasteiger partial charge in [0.1, 0.15) is 5.78 Å². The maximum Gasteiger partial charge on any atom is 0.150 e. The molecular formula is C14H17NO. The largest absolute Gasteiger partial charge is 0.298 e. The molecule has 2 atom stereocenters. The molecule has 1 aliphatic heterocycles. The first-order chi connectivity index (χ1) is 7.84. The lowest BCUT2D eigenvalue weighted by atomic mass is 10.0. The Hall–Kier alpha value is -1.15. The summed E-state index contributed by atoms with van der Waals surface area (Å²) in [4.78, 5) is 14.2. The van der Waals surface area contributed by atoms with E-state index in [2.05, 4.69) is 29.2 Å². The van der Waals surface area contributed by atoms with Crippen molar-refractivity contribution in [1.82, 2.24) is 4.90 Å². The number of nitrogens with zero attached hydrogens (tertiary/aromatic N) is 1. The van der Waals surface area contributed by atoms with Crippen LogP contribution in [-0.2, 0) is 11.3 Å². The minimum atomic E-state index is 0.236. The molecule has 2 fully saturated rings. The fraction of sp³-hybridized carbons (Fsp3) is 0.500. The molecule has 0 spiro atoms. The second-order valence-electron chi connectivity index (χ2n) is 4.95. The monoisotopic (exact) mass is 215 g/mol. The van der Waals surface area contributed by atoms with Gasteiger partial charge < -0.3 is 0 Å². The van der Waals surface area contributed by atoms with Crippen molar-refractivity contribution in [2.24, 2.45) is 5.92 Å². The van der Waals surface area contributed by atoms with Crippen LogP contribution in [0.25, 0.3) is 0 Å². The van der Waals surface area contributed by atoms with Crippen LogP contribution in [0.2, 0.25) is 0 Å². The van der Waals surface area contributed by atoms with E-state index in [0.29, 0.717) is 11.7 Å². The van der Waals surface area contributed by atoms with Gasteiger partial charge in [-0.1, -0.05) is 30.3 Å². The van der Waals surface area contributed by atoms with Crippen LogP contribution in [0, 0.1) is 5.92 Å². The summed E-state index contributed by atoms with van der Waals surface area (Å²) >= 11 is 0. The Morgan fingerprint density at radius 3 is 2.81 bits per heavy atom. The number of hydrogen-bond acceptors (Lipinski definition) is 2. The van der Waals surface area contributed by atoms with Crippen LogP contribution >= 0.6 is 0 Å². The summed E-state index contributed by atoms with van der Waals surface area (Å²) in [5.41, 5.74) is 1.32. The second kappa shape index (κ2) is 4.02. The van der Waals surface area contributed by atoms with Crippen molar-refractivity contribution in [1.29, 1.82) is 0 Å². The number of ketones is 1. The van der Waals surface area contributed by atoms with Crippen LogP contribution in [0.4, 0.5) is 0 Å². The summed E-state index contributed by atoms with van der Waals surface area (Å²) < 4.78 is 0. The lowest BCUT2D eigenvalue weighted by molar-refractivity contribution is -0.121. The van der Waals surface area contributed by atoms with Crippen molar-refractivity contribution in [2.75, 3.05) is 6.54 Å². The molecule has 1 saturated heterocycles. The fourth-order valence-electron chi connectivity index (χ4n) is 3.17. The third kappa shape index (κ3) is 1.67. The van der Waals surface area contributed by atoms with Gasteiger partial charge in [0.15, 0.2) is 0 Å². The van der Waals surface area contributed by atoms with Crippen molar-refractivity contribution < 1.29 is 4.79 Å². The molecule has 1 saturated carbocycles. The van der Waals surface area contributed by atoms with Crippen molar-refractivity contribution in [2.45, 2.75) is 31.8 Å². The quantitative estimate of drug-likeness (QED) is 0.754. The fourth-order valence-corrected chi connectivity index (χ4v) is 3.17. The molecule has 2 heteroatoms. The van der Waals surface area contributed by atoms with Crippen LogP contribution < -0.4 is 0 Å². The third-order valence-corrected chi connectivity index (χ3v) is 3.95. The van der Waals surface area contributed by atoms with Gasteiger partial charge in [-0.15, -0.1) is 0 Å². The predicted molar refractivity (Wildman–Crippen MR) is 63.0 cm³/mol. The molecule has 2 aliphatic rings. The van der Waals surface area contributed by atoms with Crippen LogP contribution in [0.1, 0.15) is 24.8 Å². The molecule has 1 aromatic carbocycles. The number of carbonyl (C=O) groups excluding carboxylic acids is 1. The van der Waals surface area contributed by atoms with Crippen molar-refractivity contribution >= 4 is 5.78 Å². The average Bonchev–Trinajstić information content (AvgIpc) is 2.86. The van der Waals surface area contributed by atoms with Gasteiger partial charge >= 0.3 is 0 Å². The van der Waals surface area contributed by atoms with Gasteiger partial charge in [0.2, 0.25) is 0 Å². The first-order valence-corrected chi connectivity index (χ1v) is 6.15. The van der Waals surface area contributed by atoms with E-state index < -0.39 is 0 Å². The molecule has 1 heterocycles. The standard InChI is InChI=1S/C14H17NO/c16-13-7-6-12-8-9-15(14(12)13)10-11-4-2-1-3-5-11/h1-5,12,14H,6-10H2. The zero-order chi connectivity index (χ0) is 11.0. The Labute approximate surface area is 96.3 Å². The molecule has 2 nitrogen and oxygen atoms in total. The van der Waals surface area contributed by atoms with E-state index in [9.17, 15) is 4.79 Å². The molecule has 0 bridgehead atoms. The predicted octanol–water partition coefficient (Wildman–Crippen LogP) is 2.24. The summed E-state index contributed by atoms with van der Waals surface area (Å²) in [6.45, 7) is 2.03. The zero-order valence-electron chi connectivity index (χ0n) is 9.43. The summed E-state index contributed by atoms with van der Waals surface area (Å²) in [5, 5.41) is 0. The Kier molecular flexibility index (Phi) is 2.52. The van der Waals surface area contributed by atoms with Gasteiger partial charge in [-0.3, -0.25) is 9.69 Å². The highest BCUT2D eigenvalue weighted by molar-refractivity contribution is 5.86. The van der Waals surface area contributed by atoms with E-state index >= 15 is 0 Å². The van der Waals surface area contributed by atoms with E-state index in [1.54, 1.807) is 0 Å². The summed E-state index contributed by atoms with van der Waals surface area (Å²) in [6, 6.07) is 10.7. The summed E-state index contributed by atoms with van der Waals surface area (Å²) in [5.74, 6) is 1.12. The second-order valence-corrected chi connectivity index (χ2v) is 4.95. The van der Waals surface area contributed by atoms with E-state index in [-0.39, 0.29) is 6.04 Å². The molecule has 0 amide bonds. The molecule has 84 valence electrons. The number of Topliss-reactive ketones (excluding diaryl/α,β-unsaturated/α-hetero) is 1. The summed E-state index contributed by atoms with van der Waals surface area (Å²) in [7, 11) is 0. The van der Waals surface area contributed by atoms with Gasteiger partial charge in [0.25, 0.3) is 0 Å². The Morgan fingerprint density at radius 1 is 1.19 bits per heavy atom. The molecule has 2 unspecified atom stereocenters. The molecule has 0 aromatic heterocycles. The molecule has 0 N–H and O–H groups in total. The smallest absolute Gasteiger partial charge is 0.150 e. The molecule has 3 rings (SSSR count). The van der Waals surface area contributed by atoms with E-state index in [1.165, 1.54) is 12.0 Å². The highest BCUT2D eigenvalue weighted by atomic mass is 16.1. The number of rotatable bonds is 2. The summed E-state index contributed by atoms with van der Waals surface area (Å²) in [6.07, 6.45) is 3.14. The Bertz CT molecular complexity index is 387. The van der Waals surface area contributed by atoms with Gasteiger partial charge in [-0.05, 0) is 30.9 Å². The number of fused-ring (bicyclic) bond motifs is 1. The highest BCUT2D eigenvalue weighted by Crippen LogP contribution is 2.36. The van der Waals surface area contributed by atoms with E-state index in [0.717, 1.165) is 25.9 Å². The minimum Gasteiger partial charge on any atom is -0.298 e. The van der Waals surface area contributed by atoms with Crippen molar-refractivity contribution in [3.63, 3.8) is 0 Å². The van der Waals surface area contributed by atoms with Crippen LogP contribution in [0.15, 0.2) is 30.3 Å². The average molecular weight is 215 g/mol. The lowest BCUT2D eigenvalue weighted by Gasteiger charge is -2.22. The van der Waals surface area contributed by atoms with E-state index in [1.807, 2.05) is 6.07 Å². The number of carbonyl (C=O) groups is 1. The minimum absolute atomic E-state index is 0.236. The molecule has 0 radical (unpaired) electrons. The van der Waals surface area contributed by atoms with Crippen LogP contribution in [0.3, 0.4) is 0 Å². The van der Waals surface area contributed by atoms with Gasteiger partial charge in [-0.25, -0.2) is 0 Å². The first kappa shape index (κ1) is 10.0. The van der Waals surface area contributed by atoms with Gasteiger partial charge in [-0.2, -0.15) is 0 Å². The maximum absolute atomic E-state index is 11.8. The zero-order valence-corrected chi connectivity index (χ0v) is 9.43. The molecule has 16 heavy (non-hydrogen) atoms. The SMILES string of the molecule is O=C1CCC2CCN(Cc3ccccc3)C12. The van der Waals surface area contributed by atoms with Crippen LogP contribution in [0.5, 0.6) is 0 Å². The topological polar surface area (TPSA) is 20.3 Å². The first-order valence-electron chi connectivity index (χ1n) is 6.15. The van der Waals surface area contributed by atoms with Crippen molar-refractivity contribution in [3.05, 3.63) is 35.9 Å². The van der Waals surface area contributed by atoms with Gasteiger partial charge in [0, 0.05) is 13.0 Å². The third-order valence-electron chi connectivity index (χ3n) is 3.95. The lowest BCUT2D eigenvalue weighted by Crippen LogP contribution is -2.35. The Balaban J connectivity index is 1.74. The number of likely N-dealkylation sites (tertiary alicyclic amines) is 1. The number of benzene rings is 1. The molecule has 1 aromatic rings. The van der Waals surface area contributed by atoms with Crippen LogP contribution in [-0.4, -0.2) is 23.3 Å². The molecule has 1 aliphatic carbocycles. The number of hydrogen-bond donors (Lipinski definition) is 0. The Morgan fingerprint density at radius 2 is 2.00 bits per heavy atom. The van der Waals surface area contributed by atoms with E-state index in [4.69, 9.17) is 0 Å². The highest BCUT2D eigenvalue weighted by Gasteiger charge is 2.42. The maximum atomic E-state index is 11.8. The normalized spacial score (nSPS) is 29.6. The molecular weight excluding hydrogens is 198 g/mol. The van der Waals surface area contributed by atoms with Gasteiger partial charge in [0.05, 0.1) is 6.04 Å².